The average molecular weight is 277 g/mol. The summed E-state index contributed by atoms with van der Waals surface area (Å²) in [4.78, 5) is 11.0. The molecule has 0 unspecified atom stereocenters. The number of nitrogens with one attached hydrogen (secondary N) is 1. The second-order valence-corrected chi connectivity index (χ2v) is 4.30. The third-order valence-corrected chi connectivity index (χ3v) is 2.83. The lowest BCUT2D eigenvalue weighted by Crippen LogP contribution is -2.10. The van der Waals surface area contributed by atoms with Crippen LogP contribution >= 0.6 is 0 Å². The summed E-state index contributed by atoms with van der Waals surface area (Å²) in [5.74, 6) is -2.11. The Bertz CT molecular complexity index is 629. The van der Waals surface area contributed by atoms with Crippen LogP contribution in [0.3, 0.4) is 0 Å². The van der Waals surface area contributed by atoms with Crippen molar-refractivity contribution in [3.63, 3.8) is 0 Å². The van der Waals surface area contributed by atoms with Gasteiger partial charge in [0.1, 0.15) is 11.6 Å². The molecule has 2 rings (SSSR count). The lowest BCUT2D eigenvalue weighted by molar-refractivity contribution is 0.0697. The quantitative estimate of drug-likeness (QED) is 0.881. The number of carbonyl (C=O) groups is 1. The second kappa shape index (κ2) is 6.14. The minimum Gasteiger partial charge on any atom is -0.478 e. The Hall–Kier alpha value is -2.43. The fourth-order valence-electron chi connectivity index (χ4n) is 1.88. The van der Waals surface area contributed by atoms with Crippen molar-refractivity contribution in [3.05, 3.63) is 65.2 Å². The van der Waals surface area contributed by atoms with Crippen LogP contribution in [0.4, 0.5) is 14.5 Å². The summed E-state index contributed by atoms with van der Waals surface area (Å²) in [5, 5.41) is 11.9. The van der Waals surface area contributed by atoms with E-state index in [1.165, 1.54) is 24.3 Å². The molecular formula is C15H13F2NO2. The van der Waals surface area contributed by atoms with Crippen LogP contribution in [0.1, 0.15) is 15.9 Å². The van der Waals surface area contributed by atoms with E-state index in [9.17, 15) is 13.6 Å². The maximum absolute atomic E-state index is 13.0. The van der Waals surface area contributed by atoms with Crippen molar-refractivity contribution in [2.45, 2.75) is 6.42 Å². The van der Waals surface area contributed by atoms with Crippen molar-refractivity contribution in [2.24, 2.45) is 0 Å². The second-order valence-electron chi connectivity index (χ2n) is 4.30. The van der Waals surface area contributed by atoms with Crippen LogP contribution < -0.4 is 5.32 Å². The van der Waals surface area contributed by atoms with Crippen LogP contribution in [0.5, 0.6) is 0 Å². The van der Waals surface area contributed by atoms with Crippen molar-refractivity contribution >= 4 is 11.7 Å². The van der Waals surface area contributed by atoms with Crippen molar-refractivity contribution in [3.8, 4) is 0 Å². The zero-order valence-corrected chi connectivity index (χ0v) is 10.6. The summed E-state index contributed by atoms with van der Waals surface area (Å²) in [6, 6.07) is 9.72. The van der Waals surface area contributed by atoms with Crippen LogP contribution in [-0.4, -0.2) is 17.6 Å². The molecule has 0 spiro atoms. The Balaban J connectivity index is 2.02. The molecule has 0 saturated carbocycles. The van der Waals surface area contributed by atoms with Crippen LogP contribution in [0.25, 0.3) is 0 Å². The number of hydrogen-bond acceptors (Lipinski definition) is 2. The number of halogens is 2. The Morgan fingerprint density at radius 3 is 2.55 bits per heavy atom. The largest absolute Gasteiger partial charge is 0.478 e. The highest BCUT2D eigenvalue weighted by Crippen LogP contribution is 2.17. The van der Waals surface area contributed by atoms with Crippen LogP contribution in [-0.2, 0) is 6.42 Å². The molecule has 104 valence electrons. The van der Waals surface area contributed by atoms with Crippen molar-refractivity contribution in [1.29, 1.82) is 0 Å². The molecule has 0 atom stereocenters. The van der Waals surface area contributed by atoms with Crippen LogP contribution in [0, 0.1) is 11.6 Å². The molecule has 2 aromatic carbocycles. The number of hydrogen-bond donors (Lipinski definition) is 2. The molecule has 0 amide bonds. The van der Waals surface area contributed by atoms with Gasteiger partial charge in [0.15, 0.2) is 0 Å². The first-order valence-electron chi connectivity index (χ1n) is 6.07. The first kappa shape index (κ1) is 14.0. The van der Waals surface area contributed by atoms with E-state index in [0.717, 1.165) is 11.6 Å². The molecule has 0 aliphatic carbocycles. The normalized spacial score (nSPS) is 10.3. The Kier molecular flexibility index (Phi) is 4.30. The lowest BCUT2D eigenvalue weighted by Gasteiger charge is -2.09. The van der Waals surface area contributed by atoms with Crippen LogP contribution in [0.15, 0.2) is 42.5 Å². The van der Waals surface area contributed by atoms with Gasteiger partial charge in [-0.05, 0) is 42.3 Å². The Morgan fingerprint density at radius 2 is 1.85 bits per heavy atom. The molecule has 2 N–H and O–H groups in total. The molecule has 0 bridgehead atoms. The molecule has 5 heteroatoms. The first-order chi connectivity index (χ1) is 9.56. The third kappa shape index (κ3) is 3.54. The third-order valence-electron chi connectivity index (χ3n) is 2.83. The van der Waals surface area contributed by atoms with Gasteiger partial charge in [-0.3, -0.25) is 0 Å². The number of rotatable bonds is 5. The maximum atomic E-state index is 13.0. The zero-order chi connectivity index (χ0) is 14.5. The number of carboxylic acids is 1. The van der Waals surface area contributed by atoms with E-state index in [1.54, 1.807) is 12.1 Å². The molecule has 0 fully saturated rings. The Morgan fingerprint density at radius 1 is 1.10 bits per heavy atom. The summed E-state index contributed by atoms with van der Waals surface area (Å²) in [6.07, 6.45) is 0.536. The highest BCUT2D eigenvalue weighted by atomic mass is 19.1. The molecule has 0 heterocycles. The number of benzene rings is 2. The van der Waals surface area contributed by atoms with Gasteiger partial charge in [0.2, 0.25) is 0 Å². The SMILES string of the molecule is O=C(O)c1cc(F)ccc1NCCc1cccc(F)c1. The lowest BCUT2D eigenvalue weighted by atomic mass is 10.1. The van der Waals surface area contributed by atoms with E-state index in [2.05, 4.69) is 5.32 Å². The number of carboxylic acid groups (broad SMARTS) is 1. The van der Waals surface area contributed by atoms with E-state index in [1.807, 2.05) is 0 Å². The standard InChI is InChI=1S/C15H13F2NO2/c16-11-3-1-2-10(8-11)6-7-18-14-5-4-12(17)9-13(14)15(19)20/h1-5,8-9,18H,6-7H2,(H,19,20). The fourth-order valence-corrected chi connectivity index (χ4v) is 1.88. The van der Waals surface area contributed by atoms with Gasteiger partial charge >= 0.3 is 5.97 Å². The van der Waals surface area contributed by atoms with Gasteiger partial charge in [-0.15, -0.1) is 0 Å². The molecule has 20 heavy (non-hydrogen) atoms. The molecule has 3 nitrogen and oxygen atoms in total. The topological polar surface area (TPSA) is 49.3 Å². The van der Waals surface area contributed by atoms with Crippen molar-refractivity contribution in [2.75, 3.05) is 11.9 Å². The molecule has 0 aliphatic heterocycles. The van der Waals surface area contributed by atoms with E-state index in [4.69, 9.17) is 5.11 Å². The van der Waals surface area contributed by atoms with Gasteiger partial charge < -0.3 is 10.4 Å². The first-order valence-corrected chi connectivity index (χ1v) is 6.07. The monoisotopic (exact) mass is 277 g/mol. The molecule has 0 aromatic heterocycles. The Labute approximate surface area is 114 Å². The van der Waals surface area contributed by atoms with Crippen molar-refractivity contribution in [1.82, 2.24) is 0 Å². The van der Waals surface area contributed by atoms with Gasteiger partial charge in [-0.25, -0.2) is 13.6 Å². The average Bonchev–Trinajstić information content (AvgIpc) is 2.40. The van der Waals surface area contributed by atoms with Gasteiger partial charge in [0, 0.05) is 12.2 Å². The molecule has 0 saturated heterocycles. The van der Waals surface area contributed by atoms with Crippen molar-refractivity contribution < 1.29 is 18.7 Å². The van der Waals surface area contributed by atoms with Gasteiger partial charge in [0.05, 0.1) is 5.56 Å². The zero-order valence-electron chi connectivity index (χ0n) is 10.6. The highest BCUT2D eigenvalue weighted by Gasteiger charge is 2.10. The molecule has 0 radical (unpaired) electrons. The smallest absolute Gasteiger partial charge is 0.337 e. The maximum Gasteiger partial charge on any atom is 0.337 e. The molecule has 2 aromatic rings. The summed E-state index contributed by atoms with van der Waals surface area (Å²) < 4.78 is 26.0. The highest BCUT2D eigenvalue weighted by molar-refractivity contribution is 5.94. The summed E-state index contributed by atoms with van der Waals surface area (Å²) in [7, 11) is 0. The summed E-state index contributed by atoms with van der Waals surface area (Å²) in [5.41, 5.74) is 1.02. The minimum atomic E-state index is -1.20. The predicted molar refractivity (Wildman–Crippen MR) is 72.0 cm³/mol. The van der Waals surface area contributed by atoms with Gasteiger partial charge in [0.25, 0.3) is 0 Å². The predicted octanol–water partition coefficient (Wildman–Crippen LogP) is 3.32. The fraction of sp³-hybridized carbons (Fsp3) is 0.133. The minimum absolute atomic E-state index is 0.121. The molecule has 0 aliphatic rings. The summed E-state index contributed by atoms with van der Waals surface area (Å²) in [6.45, 7) is 0.426. The summed E-state index contributed by atoms with van der Waals surface area (Å²) >= 11 is 0. The molecular weight excluding hydrogens is 264 g/mol. The van der Waals surface area contributed by atoms with Gasteiger partial charge in [-0.1, -0.05) is 12.1 Å². The van der Waals surface area contributed by atoms with E-state index >= 15 is 0 Å². The van der Waals surface area contributed by atoms with Gasteiger partial charge in [-0.2, -0.15) is 0 Å². The van der Waals surface area contributed by atoms with Crippen LogP contribution in [0.2, 0.25) is 0 Å². The van der Waals surface area contributed by atoms with E-state index < -0.39 is 11.8 Å². The van der Waals surface area contributed by atoms with E-state index in [-0.39, 0.29) is 11.4 Å². The number of aromatic carboxylic acids is 1. The van der Waals surface area contributed by atoms with E-state index in [0.29, 0.717) is 18.7 Å². The number of anilines is 1.